The smallest absolute Gasteiger partial charge is 0.169 e. The van der Waals surface area contributed by atoms with E-state index in [4.69, 9.17) is 15.2 Å². The summed E-state index contributed by atoms with van der Waals surface area (Å²) in [7, 11) is 0. The summed E-state index contributed by atoms with van der Waals surface area (Å²) >= 11 is 0. The molecule has 0 fully saturated rings. The average molecular weight is 539 g/mol. The molecule has 0 aromatic heterocycles. The van der Waals surface area contributed by atoms with Gasteiger partial charge in [0, 0.05) is 11.1 Å². The summed E-state index contributed by atoms with van der Waals surface area (Å²) in [6.07, 6.45) is -0.313. The van der Waals surface area contributed by atoms with Crippen LogP contribution in [0.3, 0.4) is 0 Å². The number of aliphatic imine (C=N–C) groups is 2. The van der Waals surface area contributed by atoms with E-state index in [1.54, 1.807) is 0 Å². The van der Waals surface area contributed by atoms with E-state index in [0.717, 1.165) is 50.6 Å². The monoisotopic (exact) mass is 538 g/mol. The van der Waals surface area contributed by atoms with E-state index in [1.165, 1.54) is 10.8 Å². The van der Waals surface area contributed by atoms with Crippen LogP contribution in [0.4, 0.5) is 0 Å². The Bertz CT molecular complexity index is 1980. The molecule has 1 heterocycles. The normalized spacial score (nSPS) is 14.4. The highest BCUT2D eigenvalue weighted by Crippen LogP contribution is 2.30. The van der Waals surface area contributed by atoms with Crippen LogP contribution in [0.5, 0.6) is 0 Å². The number of hydrogen-bond donors (Lipinski definition) is 1. The van der Waals surface area contributed by atoms with Crippen molar-refractivity contribution in [3.63, 3.8) is 0 Å². The molecule has 6 aromatic carbocycles. The number of amidine groups is 2. The highest BCUT2D eigenvalue weighted by molar-refractivity contribution is 6.16. The fourth-order valence-electron chi connectivity index (χ4n) is 5.28. The Labute approximate surface area is 245 Å². The summed E-state index contributed by atoms with van der Waals surface area (Å²) in [6.45, 7) is 0. The Morgan fingerprint density at radius 3 is 1.48 bits per heavy atom. The van der Waals surface area contributed by atoms with Gasteiger partial charge in [0.1, 0.15) is 11.7 Å². The summed E-state index contributed by atoms with van der Waals surface area (Å²) in [5.74, 6) is 1.62. The Kier molecular flexibility index (Phi) is 6.60. The van der Waals surface area contributed by atoms with Crippen LogP contribution in [0.25, 0.3) is 33.0 Å². The molecule has 0 bridgehead atoms. The zero-order valence-corrected chi connectivity index (χ0v) is 22.8. The second-order valence-electron chi connectivity index (χ2n) is 10.3. The maximum absolute atomic E-state index is 9.09. The minimum absolute atomic E-state index is 0.313. The van der Waals surface area contributed by atoms with Crippen LogP contribution in [0.1, 0.15) is 28.4 Å². The lowest BCUT2D eigenvalue weighted by Crippen LogP contribution is -2.36. The summed E-state index contributed by atoms with van der Waals surface area (Å²) in [5.41, 5.74) is 8.30. The highest BCUT2D eigenvalue weighted by atomic mass is 15.2. The molecule has 0 aliphatic carbocycles. The fraction of sp³-hybridized carbons (Fsp3) is 0.0263. The van der Waals surface area contributed by atoms with E-state index in [-0.39, 0.29) is 6.17 Å². The van der Waals surface area contributed by atoms with E-state index >= 15 is 0 Å². The van der Waals surface area contributed by atoms with Gasteiger partial charge in [-0.2, -0.15) is 5.26 Å². The molecule has 0 saturated heterocycles. The SMILES string of the molecule is N#Cc1ccc(-c2ccc3cc(-c4ccc(C5=NC(c6ccccc6)N=C(c6ccccc6)N5)cc4)ccc3c2)cc1. The van der Waals surface area contributed by atoms with E-state index in [1.807, 2.05) is 60.7 Å². The van der Waals surface area contributed by atoms with Gasteiger partial charge in [0.15, 0.2) is 6.17 Å². The number of rotatable bonds is 5. The third-order valence-electron chi connectivity index (χ3n) is 7.56. The Morgan fingerprint density at radius 1 is 0.476 bits per heavy atom. The predicted octanol–water partition coefficient (Wildman–Crippen LogP) is 8.54. The molecular formula is C38H26N4. The van der Waals surface area contributed by atoms with Crippen molar-refractivity contribution in [2.24, 2.45) is 9.98 Å². The molecule has 1 unspecified atom stereocenters. The van der Waals surface area contributed by atoms with Gasteiger partial charge >= 0.3 is 0 Å². The third kappa shape index (κ3) is 5.08. The third-order valence-corrected chi connectivity index (χ3v) is 7.56. The highest BCUT2D eigenvalue weighted by Gasteiger charge is 2.20. The zero-order chi connectivity index (χ0) is 28.3. The minimum atomic E-state index is -0.313. The number of nitrogens with one attached hydrogen (secondary N) is 1. The van der Waals surface area contributed by atoms with Gasteiger partial charge in [0.05, 0.1) is 11.6 Å². The van der Waals surface area contributed by atoms with Crippen molar-refractivity contribution in [3.05, 3.63) is 168 Å². The van der Waals surface area contributed by atoms with Gasteiger partial charge in [0.25, 0.3) is 0 Å². The maximum atomic E-state index is 9.09. The molecule has 4 heteroatoms. The van der Waals surface area contributed by atoms with Crippen LogP contribution in [0.2, 0.25) is 0 Å². The molecule has 4 nitrogen and oxygen atoms in total. The van der Waals surface area contributed by atoms with Gasteiger partial charge in [-0.05, 0) is 62.9 Å². The summed E-state index contributed by atoms with van der Waals surface area (Å²) in [6, 6.07) is 51.9. The van der Waals surface area contributed by atoms with Gasteiger partial charge in [-0.3, -0.25) is 0 Å². The fourth-order valence-corrected chi connectivity index (χ4v) is 5.28. The van der Waals surface area contributed by atoms with Crippen LogP contribution in [0.15, 0.2) is 156 Å². The maximum Gasteiger partial charge on any atom is 0.169 e. The van der Waals surface area contributed by atoms with Gasteiger partial charge in [-0.15, -0.1) is 0 Å². The molecule has 1 aliphatic rings. The first kappa shape index (κ1) is 25.2. The quantitative estimate of drug-likeness (QED) is 0.239. The van der Waals surface area contributed by atoms with Crippen molar-refractivity contribution < 1.29 is 0 Å². The van der Waals surface area contributed by atoms with Crippen molar-refractivity contribution in [2.45, 2.75) is 6.17 Å². The first-order valence-corrected chi connectivity index (χ1v) is 13.9. The molecule has 198 valence electrons. The molecule has 1 N–H and O–H groups in total. The molecule has 6 aromatic rings. The molecule has 0 amide bonds. The van der Waals surface area contributed by atoms with Gasteiger partial charge in [-0.1, -0.05) is 121 Å². The second kappa shape index (κ2) is 11.0. The molecular weight excluding hydrogens is 512 g/mol. The Morgan fingerprint density at radius 2 is 0.929 bits per heavy atom. The molecule has 0 saturated carbocycles. The van der Waals surface area contributed by atoms with Crippen molar-refractivity contribution in [1.29, 1.82) is 5.26 Å². The number of benzene rings is 6. The summed E-state index contributed by atoms with van der Waals surface area (Å²) in [5, 5.41) is 14.9. The largest absolute Gasteiger partial charge is 0.324 e. The number of nitrogens with zero attached hydrogens (tertiary/aromatic N) is 3. The topological polar surface area (TPSA) is 60.5 Å². The first-order valence-electron chi connectivity index (χ1n) is 13.9. The number of fused-ring (bicyclic) bond motifs is 1. The summed E-state index contributed by atoms with van der Waals surface area (Å²) < 4.78 is 0. The lowest BCUT2D eigenvalue weighted by atomic mass is 9.97. The molecule has 1 aliphatic heterocycles. The van der Waals surface area contributed by atoms with Gasteiger partial charge < -0.3 is 5.32 Å². The Hall–Kier alpha value is -5.79. The predicted molar refractivity (Wildman–Crippen MR) is 171 cm³/mol. The van der Waals surface area contributed by atoms with E-state index < -0.39 is 0 Å². The molecule has 1 atom stereocenters. The van der Waals surface area contributed by atoms with E-state index in [0.29, 0.717) is 5.56 Å². The number of nitriles is 1. The Balaban J connectivity index is 1.17. The van der Waals surface area contributed by atoms with Crippen molar-refractivity contribution in [3.8, 4) is 28.3 Å². The van der Waals surface area contributed by atoms with E-state index in [9.17, 15) is 0 Å². The zero-order valence-electron chi connectivity index (χ0n) is 22.8. The van der Waals surface area contributed by atoms with Crippen molar-refractivity contribution >= 4 is 22.4 Å². The van der Waals surface area contributed by atoms with Gasteiger partial charge in [-0.25, -0.2) is 9.98 Å². The average Bonchev–Trinajstić information content (AvgIpc) is 3.08. The minimum Gasteiger partial charge on any atom is -0.324 e. The summed E-state index contributed by atoms with van der Waals surface area (Å²) in [4.78, 5) is 9.92. The van der Waals surface area contributed by atoms with Gasteiger partial charge in [0.2, 0.25) is 0 Å². The first-order chi connectivity index (χ1) is 20.7. The van der Waals surface area contributed by atoms with Crippen molar-refractivity contribution in [2.75, 3.05) is 0 Å². The molecule has 0 spiro atoms. The lowest BCUT2D eigenvalue weighted by Gasteiger charge is -2.22. The number of hydrogen-bond acceptors (Lipinski definition) is 4. The van der Waals surface area contributed by atoms with Crippen molar-refractivity contribution in [1.82, 2.24) is 5.32 Å². The van der Waals surface area contributed by atoms with Crippen LogP contribution in [-0.2, 0) is 0 Å². The second-order valence-corrected chi connectivity index (χ2v) is 10.3. The van der Waals surface area contributed by atoms with E-state index in [2.05, 4.69) is 96.3 Å². The van der Waals surface area contributed by atoms with Crippen LogP contribution >= 0.6 is 0 Å². The van der Waals surface area contributed by atoms with Crippen LogP contribution in [0, 0.1) is 11.3 Å². The molecule has 7 rings (SSSR count). The lowest BCUT2D eigenvalue weighted by molar-refractivity contribution is 0.756. The molecule has 0 radical (unpaired) electrons. The molecule has 42 heavy (non-hydrogen) atoms. The van der Waals surface area contributed by atoms with Crippen LogP contribution < -0.4 is 5.32 Å². The standard InChI is InChI=1S/C38H26N4/c39-25-26-11-13-27(14-12-26)32-19-21-35-24-33(20-22-34(35)23-32)28-15-17-31(18-16-28)38-41-36(29-7-3-1-4-8-29)40-37(42-38)30-9-5-2-6-10-30/h1-24,36H,(H,40,41,42). The van der Waals surface area contributed by atoms with Crippen LogP contribution in [-0.4, -0.2) is 11.7 Å².